The average molecular weight is 306 g/mol. The number of thiazole rings is 1. The van der Waals surface area contributed by atoms with Crippen LogP contribution in [-0.4, -0.2) is 35.6 Å². The van der Waals surface area contributed by atoms with E-state index in [-0.39, 0.29) is 18.9 Å². The highest BCUT2D eigenvalue weighted by molar-refractivity contribution is 7.13. The molecule has 0 atom stereocenters. The summed E-state index contributed by atoms with van der Waals surface area (Å²) in [4.78, 5) is 26.3. The molecule has 1 aromatic heterocycles. The molecule has 0 spiro atoms. The fourth-order valence-corrected chi connectivity index (χ4v) is 2.58. The molecule has 7 heteroatoms. The Morgan fingerprint density at radius 3 is 2.86 bits per heavy atom. The lowest BCUT2D eigenvalue weighted by Gasteiger charge is -2.04. The smallest absolute Gasteiger partial charge is 0.322 e. The minimum absolute atomic E-state index is 0.0545. The van der Waals surface area contributed by atoms with Gasteiger partial charge < -0.3 is 15.2 Å². The molecule has 0 fully saturated rings. The largest absolute Gasteiger partial charge is 0.496 e. The molecule has 0 aliphatic heterocycles. The van der Waals surface area contributed by atoms with E-state index in [0.717, 1.165) is 10.6 Å². The Hall–Kier alpha value is -2.41. The number of carboxylic acids is 1. The van der Waals surface area contributed by atoms with Crippen molar-refractivity contribution in [2.45, 2.75) is 6.42 Å². The molecule has 1 heterocycles. The van der Waals surface area contributed by atoms with Crippen molar-refractivity contribution in [2.24, 2.45) is 0 Å². The Balaban J connectivity index is 2.08. The van der Waals surface area contributed by atoms with Crippen LogP contribution in [0.25, 0.3) is 10.6 Å². The number of carbonyl (C=O) groups is 2. The van der Waals surface area contributed by atoms with Crippen molar-refractivity contribution in [1.82, 2.24) is 10.3 Å². The summed E-state index contributed by atoms with van der Waals surface area (Å²) in [6, 6.07) is 7.50. The summed E-state index contributed by atoms with van der Waals surface area (Å²) in [5.74, 6) is -0.723. The van der Waals surface area contributed by atoms with Gasteiger partial charge >= 0.3 is 5.97 Å². The molecule has 0 aliphatic rings. The first-order chi connectivity index (χ1) is 10.1. The number of aliphatic carboxylic acids is 1. The second-order valence-corrected chi connectivity index (χ2v) is 5.05. The third kappa shape index (κ3) is 4.03. The number of carbonyl (C=O) groups excluding carboxylic acids is 1. The molecule has 0 saturated heterocycles. The van der Waals surface area contributed by atoms with Gasteiger partial charge in [0.25, 0.3) is 0 Å². The number of nitrogens with zero attached hydrogens (tertiary/aromatic N) is 1. The standard InChI is InChI=1S/C14H14N2O4S/c1-20-11-5-3-2-4-10(11)14-16-9(8-21-14)6-12(17)15-7-13(18)19/h2-5,8H,6-7H2,1H3,(H,15,17)(H,18,19). The van der Waals surface area contributed by atoms with E-state index in [9.17, 15) is 9.59 Å². The zero-order valence-electron chi connectivity index (χ0n) is 11.3. The van der Waals surface area contributed by atoms with Crippen LogP contribution in [0.4, 0.5) is 0 Å². The minimum Gasteiger partial charge on any atom is -0.496 e. The molecule has 2 N–H and O–H groups in total. The molecule has 6 nitrogen and oxygen atoms in total. The molecule has 0 bridgehead atoms. The molecule has 0 unspecified atom stereocenters. The van der Waals surface area contributed by atoms with Crippen molar-refractivity contribution in [3.8, 4) is 16.3 Å². The molecule has 1 aromatic carbocycles. The second kappa shape index (κ2) is 6.85. The first-order valence-electron chi connectivity index (χ1n) is 6.16. The third-order valence-electron chi connectivity index (χ3n) is 2.67. The van der Waals surface area contributed by atoms with Crippen LogP contribution in [0.3, 0.4) is 0 Å². The topological polar surface area (TPSA) is 88.5 Å². The highest BCUT2D eigenvalue weighted by Gasteiger charge is 2.12. The van der Waals surface area contributed by atoms with Crippen molar-refractivity contribution in [1.29, 1.82) is 0 Å². The van der Waals surface area contributed by atoms with Crippen molar-refractivity contribution in [2.75, 3.05) is 13.7 Å². The molecule has 2 aromatic rings. The lowest BCUT2D eigenvalue weighted by atomic mass is 10.2. The molecule has 2 rings (SSSR count). The molecular weight excluding hydrogens is 292 g/mol. The number of ether oxygens (including phenoxy) is 1. The molecule has 0 aliphatic carbocycles. The van der Waals surface area contributed by atoms with Gasteiger partial charge in [-0.15, -0.1) is 11.3 Å². The summed E-state index contributed by atoms with van der Waals surface area (Å²) in [7, 11) is 1.59. The number of amides is 1. The van der Waals surface area contributed by atoms with Gasteiger partial charge in [-0.1, -0.05) is 12.1 Å². The maximum absolute atomic E-state index is 11.6. The number of nitrogens with one attached hydrogen (secondary N) is 1. The van der Waals surface area contributed by atoms with Gasteiger partial charge in [0.15, 0.2) is 0 Å². The predicted octanol–water partition coefficient (Wildman–Crippen LogP) is 1.56. The SMILES string of the molecule is COc1ccccc1-c1nc(CC(=O)NCC(=O)O)cs1. The van der Waals surface area contributed by atoms with E-state index in [1.54, 1.807) is 12.5 Å². The highest BCUT2D eigenvalue weighted by Crippen LogP contribution is 2.31. The number of carboxylic acid groups (broad SMARTS) is 1. The van der Waals surface area contributed by atoms with Crippen LogP contribution in [0.1, 0.15) is 5.69 Å². The second-order valence-electron chi connectivity index (χ2n) is 4.19. The first kappa shape index (κ1) is 15.0. The number of hydrogen-bond donors (Lipinski definition) is 2. The summed E-state index contributed by atoms with van der Waals surface area (Å²) in [5.41, 5.74) is 1.46. The number of para-hydroxylation sites is 1. The average Bonchev–Trinajstić information content (AvgIpc) is 2.93. The minimum atomic E-state index is -1.07. The number of benzene rings is 1. The summed E-state index contributed by atoms with van der Waals surface area (Å²) >= 11 is 1.41. The van der Waals surface area contributed by atoms with Crippen LogP contribution in [-0.2, 0) is 16.0 Å². The summed E-state index contributed by atoms with van der Waals surface area (Å²) < 4.78 is 5.28. The molecule has 110 valence electrons. The Labute approximate surface area is 125 Å². The van der Waals surface area contributed by atoms with E-state index in [2.05, 4.69) is 10.3 Å². The van der Waals surface area contributed by atoms with Gasteiger partial charge in [-0.25, -0.2) is 4.98 Å². The maximum Gasteiger partial charge on any atom is 0.322 e. The number of aromatic nitrogens is 1. The Bertz CT molecular complexity index is 654. The third-order valence-corrected chi connectivity index (χ3v) is 3.59. The number of methoxy groups -OCH3 is 1. The zero-order valence-corrected chi connectivity index (χ0v) is 12.1. The molecule has 1 amide bonds. The van der Waals surface area contributed by atoms with Crippen LogP contribution < -0.4 is 10.1 Å². The molecule has 21 heavy (non-hydrogen) atoms. The Morgan fingerprint density at radius 1 is 1.38 bits per heavy atom. The van der Waals surface area contributed by atoms with Crippen LogP contribution in [0, 0.1) is 0 Å². The maximum atomic E-state index is 11.6. The van der Waals surface area contributed by atoms with Gasteiger partial charge in [0.1, 0.15) is 17.3 Å². The fourth-order valence-electron chi connectivity index (χ4n) is 1.73. The van der Waals surface area contributed by atoms with Crippen LogP contribution in [0.2, 0.25) is 0 Å². The molecule has 0 radical (unpaired) electrons. The Kier molecular flexibility index (Phi) is 4.89. The van der Waals surface area contributed by atoms with E-state index in [4.69, 9.17) is 9.84 Å². The van der Waals surface area contributed by atoms with Crippen molar-refractivity contribution >= 4 is 23.2 Å². The fraction of sp³-hybridized carbons (Fsp3) is 0.214. The van der Waals surface area contributed by atoms with Crippen LogP contribution in [0.5, 0.6) is 5.75 Å². The summed E-state index contributed by atoms with van der Waals surface area (Å²) in [6.07, 6.45) is 0.0545. The van der Waals surface area contributed by atoms with Crippen LogP contribution >= 0.6 is 11.3 Å². The summed E-state index contributed by atoms with van der Waals surface area (Å²) in [6.45, 7) is -0.387. The van der Waals surface area contributed by atoms with Gasteiger partial charge in [0, 0.05) is 5.38 Å². The molecular formula is C14H14N2O4S. The van der Waals surface area contributed by atoms with E-state index in [1.807, 2.05) is 24.3 Å². The lowest BCUT2D eigenvalue weighted by molar-refractivity contribution is -0.137. The van der Waals surface area contributed by atoms with E-state index >= 15 is 0 Å². The first-order valence-corrected chi connectivity index (χ1v) is 7.04. The van der Waals surface area contributed by atoms with Crippen molar-refractivity contribution < 1.29 is 19.4 Å². The molecule has 0 saturated carbocycles. The predicted molar refractivity (Wildman–Crippen MR) is 78.5 cm³/mol. The number of hydrogen-bond acceptors (Lipinski definition) is 5. The van der Waals surface area contributed by atoms with Gasteiger partial charge in [0.2, 0.25) is 5.91 Å². The highest BCUT2D eigenvalue weighted by atomic mass is 32.1. The van der Waals surface area contributed by atoms with E-state index in [0.29, 0.717) is 11.4 Å². The van der Waals surface area contributed by atoms with Gasteiger partial charge in [-0.2, -0.15) is 0 Å². The van der Waals surface area contributed by atoms with Gasteiger partial charge in [0.05, 0.1) is 24.8 Å². The zero-order chi connectivity index (χ0) is 15.2. The lowest BCUT2D eigenvalue weighted by Crippen LogP contribution is -2.30. The Morgan fingerprint density at radius 2 is 2.14 bits per heavy atom. The van der Waals surface area contributed by atoms with Crippen LogP contribution in [0.15, 0.2) is 29.6 Å². The van der Waals surface area contributed by atoms with Gasteiger partial charge in [-0.05, 0) is 12.1 Å². The van der Waals surface area contributed by atoms with E-state index in [1.165, 1.54) is 11.3 Å². The van der Waals surface area contributed by atoms with Crippen molar-refractivity contribution in [3.05, 3.63) is 35.3 Å². The normalized spacial score (nSPS) is 10.1. The quantitative estimate of drug-likeness (QED) is 0.845. The monoisotopic (exact) mass is 306 g/mol. The van der Waals surface area contributed by atoms with E-state index < -0.39 is 5.97 Å². The summed E-state index contributed by atoms with van der Waals surface area (Å²) in [5, 5.41) is 13.3. The van der Waals surface area contributed by atoms with Crippen molar-refractivity contribution in [3.63, 3.8) is 0 Å². The number of rotatable bonds is 6. The van der Waals surface area contributed by atoms with Gasteiger partial charge in [-0.3, -0.25) is 9.59 Å².